The molecule has 0 unspecified atom stereocenters. The maximum Gasteiger partial charge on any atom is 0.258 e. The van der Waals surface area contributed by atoms with Crippen molar-refractivity contribution in [2.75, 3.05) is 19.7 Å². The molecule has 2 N–H and O–H groups in total. The van der Waals surface area contributed by atoms with E-state index in [9.17, 15) is 9.59 Å². The normalized spacial score (nSPS) is 9.74. The fraction of sp³-hybridized carbons (Fsp3) is 0.429. The molecule has 0 heterocycles. The van der Waals surface area contributed by atoms with E-state index in [1.165, 1.54) is 0 Å². The average molecular weight is 264 g/mol. The Morgan fingerprint density at radius 3 is 2.53 bits per heavy atom. The molecule has 0 bridgehead atoms. The lowest BCUT2D eigenvalue weighted by molar-refractivity contribution is -0.127. The van der Waals surface area contributed by atoms with Crippen molar-refractivity contribution in [2.24, 2.45) is 0 Å². The Morgan fingerprint density at radius 2 is 1.84 bits per heavy atom. The van der Waals surface area contributed by atoms with Crippen molar-refractivity contribution in [3.05, 3.63) is 30.3 Å². The van der Waals surface area contributed by atoms with Crippen LogP contribution in [0.15, 0.2) is 30.3 Å². The number of benzene rings is 1. The lowest BCUT2D eigenvalue weighted by atomic mass is 10.3. The molecule has 1 aromatic carbocycles. The van der Waals surface area contributed by atoms with E-state index in [4.69, 9.17) is 4.74 Å². The molecule has 0 fully saturated rings. The number of nitrogens with one attached hydrogen (secondary N) is 2. The molecular formula is C14H20N2O3. The smallest absolute Gasteiger partial charge is 0.258 e. The van der Waals surface area contributed by atoms with Crippen molar-refractivity contribution in [1.82, 2.24) is 10.6 Å². The van der Waals surface area contributed by atoms with Gasteiger partial charge in [0.05, 0.1) is 6.54 Å². The van der Waals surface area contributed by atoms with Crippen LogP contribution in [0.25, 0.3) is 0 Å². The van der Waals surface area contributed by atoms with Crippen molar-refractivity contribution in [2.45, 2.75) is 19.8 Å². The van der Waals surface area contributed by atoms with Gasteiger partial charge in [-0.2, -0.15) is 0 Å². The predicted molar refractivity (Wildman–Crippen MR) is 72.9 cm³/mol. The molecular weight excluding hydrogens is 244 g/mol. The van der Waals surface area contributed by atoms with Crippen molar-refractivity contribution >= 4 is 11.8 Å². The van der Waals surface area contributed by atoms with E-state index in [0.29, 0.717) is 12.3 Å². The van der Waals surface area contributed by atoms with E-state index >= 15 is 0 Å². The highest BCUT2D eigenvalue weighted by Gasteiger charge is 2.05. The maximum absolute atomic E-state index is 11.4. The number of carbonyl (C=O) groups is 2. The minimum Gasteiger partial charge on any atom is -0.484 e. The Labute approximate surface area is 113 Å². The zero-order chi connectivity index (χ0) is 13.9. The van der Waals surface area contributed by atoms with Gasteiger partial charge in [0.2, 0.25) is 5.91 Å². The van der Waals surface area contributed by atoms with Crippen molar-refractivity contribution in [3.63, 3.8) is 0 Å². The van der Waals surface area contributed by atoms with E-state index in [-0.39, 0.29) is 25.0 Å². The Hall–Kier alpha value is -2.04. The number of hydrogen-bond donors (Lipinski definition) is 2. The Bertz CT molecular complexity index is 393. The van der Waals surface area contributed by atoms with Crippen molar-refractivity contribution in [3.8, 4) is 5.75 Å². The van der Waals surface area contributed by atoms with Crippen LogP contribution in [0.4, 0.5) is 0 Å². The molecule has 0 aliphatic heterocycles. The third-order valence-corrected chi connectivity index (χ3v) is 2.41. The molecule has 5 heteroatoms. The van der Waals surface area contributed by atoms with Crippen LogP contribution >= 0.6 is 0 Å². The summed E-state index contributed by atoms with van der Waals surface area (Å²) in [6.45, 7) is 2.59. The van der Waals surface area contributed by atoms with Crippen LogP contribution in [0.2, 0.25) is 0 Å². The quantitative estimate of drug-likeness (QED) is 0.691. The van der Waals surface area contributed by atoms with Gasteiger partial charge in [-0.05, 0) is 18.6 Å². The Balaban J connectivity index is 2.12. The number of ether oxygens (including phenoxy) is 1. The van der Waals surface area contributed by atoms with Crippen LogP contribution in [0.5, 0.6) is 5.75 Å². The minimum absolute atomic E-state index is 0.0132. The van der Waals surface area contributed by atoms with Gasteiger partial charge in [-0.3, -0.25) is 9.59 Å². The molecule has 1 aromatic rings. The molecule has 0 aliphatic carbocycles. The summed E-state index contributed by atoms with van der Waals surface area (Å²) in [6, 6.07) is 9.06. The number of unbranched alkanes of at least 4 members (excludes halogenated alkanes) is 1. The number of rotatable bonds is 8. The van der Waals surface area contributed by atoms with E-state index in [1.807, 2.05) is 18.2 Å². The molecule has 0 atom stereocenters. The van der Waals surface area contributed by atoms with Gasteiger partial charge in [0, 0.05) is 6.54 Å². The monoisotopic (exact) mass is 264 g/mol. The summed E-state index contributed by atoms with van der Waals surface area (Å²) < 4.78 is 5.25. The van der Waals surface area contributed by atoms with Crippen LogP contribution in [0.3, 0.4) is 0 Å². The summed E-state index contributed by atoms with van der Waals surface area (Å²) >= 11 is 0. The van der Waals surface area contributed by atoms with Gasteiger partial charge >= 0.3 is 0 Å². The van der Waals surface area contributed by atoms with Gasteiger partial charge in [0.1, 0.15) is 5.75 Å². The van der Waals surface area contributed by atoms with E-state index < -0.39 is 0 Å². The number of para-hydroxylation sites is 1. The SMILES string of the molecule is CCCCNC(=O)CNC(=O)COc1ccccc1. The summed E-state index contributed by atoms with van der Waals surface area (Å²) in [7, 11) is 0. The second-order valence-electron chi connectivity index (χ2n) is 4.08. The predicted octanol–water partition coefficient (Wildman–Crippen LogP) is 1.10. The molecule has 0 spiro atoms. The molecule has 0 saturated carbocycles. The van der Waals surface area contributed by atoms with E-state index in [0.717, 1.165) is 12.8 Å². The zero-order valence-corrected chi connectivity index (χ0v) is 11.1. The first kappa shape index (κ1) is 15.0. The van der Waals surface area contributed by atoms with Crippen LogP contribution in [0.1, 0.15) is 19.8 Å². The van der Waals surface area contributed by atoms with Gasteiger partial charge in [0.25, 0.3) is 5.91 Å². The maximum atomic E-state index is 11.4. The molecule has 0 radical (unpaired) electrons. The first-order chi connectivity index (χ1) is 9.22. The van der Waals surface area contributed by atoms with E-state index in [2.05, 4.69) is 17.6 Å². The van der Waals surface area contributed by atoms with Crippen molar-refractivity contribution in [1.29, 1.82) is 0 Å². The lowest BCUT2D eigenvalue weighted by Gasteiger charge is -2.07. The summed E-state index contributed by atoms with van der Waals surface area (Å²) in [5, 5.41) is 5.22. The molecule has 0 saturated heterocycles. The lowest BCUT2D eigenvalue weighted by Crippen LogP contribution is -2.39. The fourth-order valence-electron chi connectivity index (χ4n) is 1.36. The number of carbonyl (C=O) groups excluding carboxylic acids is 2. The second-order valence-corrected chi connectivity index (χ2v) is 4.08. The highest BCUT2D eigenvalue weighted by Crippen LogP contribution is 2.07. The van der Waals surface area contributed by atoms with Gasteiger partial charge < -0.3 is 15.4 Å². The van der Waals surface area contributed by atoms with Crippen molar-refractivity contribution < 1.29 is 14.3 Å². The number of amides is 2. The second kappa shape index (κ2) is 8.97. The van der Waals surface area contributed by atoms with Crippen LogP contribution < -0.4 is 15.4 Å². The fourth-order valence-corrected chi connectivity index (χ4v) is 1.36. The molecule has 19 heavy (non-hydrogen) atoms. The first-order valence-electron chi connectivity index (χ1n) is 6.43. The standard InChI is InChI=1S/C14H20N2O3/c1-2-3-9-15-13(17)10-16-14(18)11-19-12-7-5-4-6-8-12/h4-8H,2-3,9-11H2,1H3,(H,15,17)(H,16,18). The van der Waals surface area contributed by atoms with Gasteiger partial charge in [-0.25, -0.2) is 0 Å². The minimum atomic E-state index is -0.311. The Morgan fingerprint density at radius 1 is 1.11 bits per heavy atom. The van der Waals surface area contributed by atoms with Crippen LogP contribution in [0, 0.1) is 0 Å². The topological polar surface area (TPSA) is 67.4 Å². The van der Waals surface area contributed by atoms with Crippen LogP contribution in [-0.2, 0) is 9.59 Å². The van der Waals surface area contributed by atoms with Gasteiger partial charge in [0.15, 0.2) is 6.61 Å². The molecule has 0 aromatic heterocycles. The number of hydrogen-bond acceptors (Lipinski definition) is 3. The molecule has 104 valence electrons. The summed E-state index contributed by atoms with van der Waals surface area (Å²) in [5.41, 5.74) is 0. The molecule has 1 rings (SSSR count). The molecule has 0 aliphatic rings. The summed E-state index contributed by atoms with van der Waals surface area (Å²) in [5.74, 6) is 0.140. The van der Waals surface area contributed by atoms with Crippen LogP contribution in [-0.4, -0.2) is 31.5 Å². The third kappa shape index (κ3) is 7.08. The van der Waals surface area contributed by atoms with Gasteiger partial charge in [-0.1, -0.05) is 31.5 Å². The average Bonchev–Trinajstić information content (AvgIpc) is 2.44. The molecule has 2 amide bonds. The molecule has 5 nitrogen and oxygen atoms in total. The highest BCUT2D eigenvalue weighted by atomic mass is 16.5. The van der Waals surface area contributed by atoms with Gasteiger partial charge in [-0.15, -0.1) is 0 Å². The largest absolute Gasteiger partial charge is 0.484 e. The highest BCUT2D eigenvalue weighted by molar-refractivity contribution is 5.85. The zero-order valence-electron chi connectivity index (χ0n) is 11.1. The summed E-state index contributed by atoms with van der Waals surface area (Å²) in [4.78, 5) is 22.8. The summed E-state index contributed by atoms with van der Waals surface area (Å²) in [6.07, 6.45) is 1.97. The first-order valence-corrected chi connectivity index (χ1v) is 6.43. The third-order valence-electron chi connectivity index (χ3n) is 2.41. The van der Waals surface area contributed by atoms with E-state index in [1.54, 1.807) is 12.1 Å². The Kier molecular flexibility index (Phi) is 7.09.